The molecule has 1 rings (SSSR count). The Labute approximate surface area is 96.8 Å². The van der Waals surface area contributed by atoms with E-state index in [-0.39, 0.29) is 17.0 Å². The van der Waals surface area contributed by atoms with E-state index >= 15 is 0 Å². The second-order valence-electron chi connectivity index (χ2n) is 3.16. The number of carbonyl (C=O) groups is 1. The third kappa shape index (κ3) is 2.43. The number of primary amides is 1. The van der Waals surface area contributed by atoms with Crippen molar-refractivity contribution in [3.8, 4) is 0 Å². The predicted octanol–water partition coefficient (Wildman–Crippen LogP) is 2.13. The maximum Gasteiger partial charge on any atom is 0.407 e. The summed E-state index contributed by atoms with van der Waals surface area (Å²) in [4.78, 5) is 10.6. The van der Waals surface area contributed by atoms with E-state index in [0.717, 1.165) is 6.07 Å². The Kier molecular flexibility index (Phi) is 3.72. The zero-order valence-electron chi connectivity index (χ0n) is 8.54. The molecule has 1 aromatic carbocycles. The maximum absolute atomic E-state index is 13.5. The summed E-state index contributed by atoms with van der Waals surface area (Å²) < 4.78 is 18.0. The van der Waals surface area contributed by atoms with Crippen molar-refractivity contribution >= 4 is 17.7 Å². The van der Waals surface area contributed by atoms with Gasteiger partial charge < -0.3 is 15.6 Å². The number of hydrogen-bond donors (Lipinski definition) is 2. The molecule has 1 atom stereocenters. The van der Waals surface area contributed by atoms with Gasteiger partial charge in [-0.15, -0.1) is 0 Å². The molecule has 4 nitrogen and oxygen atoms in total. The van der Waals surface area contributed by atoms with Crippen LogP contribution in [0, 0.1) is 5.82 Å². The molecule has 0 heterocycles. The van der Waals surface area contributed by atoms with Crippen LogP contribution < -0.4 is 5.73 Å². The molecule has 1 amide bonds. The summed E-state index contributed by atoms with van der Waals surface area (Å²) in [6, 6.07) is 3.86. The Morgan fingerprint density at radius 2 is 2.31 bits per heavy atom. The average molecular weight is 248 g/mol. The summed E-state index contributed by atoms with van der Waals surface area (Å²) in [7, 11) is 0. The van der Waals surface area contributed by atoms with Crippen molar-refractivity contribution in [1.29, 1.82) is 0 Å². The van der Waals surface area contributed by atoms with Crippen LogP contribution in [0.25, 0.3) is 0 Å². The summed E-state index contributed by atoms with van der Waals surface area (Å²) in [5, 5.41) is 9.94. The Morgan fingerprint density at radius 1 is 1.69 bits per heavy atom. The van der Waals surface area contributed by atoms with Gasteiger partial charge in [0.1, 0.15) is 5.82 Å². The van der Waals surface area contributed by atoms with Crippen LogP contribution in [0.15, 0.2) is 18.2 Å². The van der Waals surface area contributed by atoms with E-state index < -0.39 is 17.7 Å². The lowest BCUT2D eigenvalue weighted by molar-refractivity contribution is -0.171. The van der Waals surface area contributed by atoms with E-state index in [1.807, 2.05) is 0 Å². The zero-order valence-corrected chi connectivity index (χ0v) is 9.29. The summed E-state index contributed by atoms with van der Waals surface area (Å²) in [6.07, 6.45) is -1.28. The molecule has 16 heavy (non-hydrogen) atoms. The van der Waals surface area contributed by atoms with Gasteiger partial charge in [-0.1, -0.05) is 24.6 Å². The van der Waals surface area contributed by atoms with Gasteiger partial charge in [0.2, 0.25) is 5.79 Å². The maximum atomic E-state index is 13.5. The summed E-state index contributed by atoms with van der Waals surface area (Å²) in [5.41, 5.74) is 4.51. The average Bonchev–Trinajstić information content (AvgIpc) is 2.16. The number of nitrogens with two attached hydrogens (primary N) is 1. The van der Waals surface area contributed by atoms with Gasteiger partial charge in [0.15, 0.2) is 0 Å². The number of carbonyl (C=O) groups excluding carboxylic acids is 1. The summed E-state index contributed by atoms with van der Waals surface area (Å²) in [6.45, 7) is 1.51. The van der Waals surface area contributed by atoms with Gasteiger partial charge in [-0.2, -0.15) is 0 Å². The van der Waals surface area contributed by atoms with Crippen molar-refractivity contribution in [2.45, 2.75) is 19.1 Å². The SMILES string of the molecule is CC[C@](O)(OC(N)=O)c1c(F)cccc1Cl. The first-order chi connectivity index (χ1) is 7.40. The lowest BCUT2D eigenvalue weighted by Crippen LogP contribution is -2.35. The van der Waals surface area contributed by atoms with Crippen LogP contribution in [0.1, 0.15) is 18.9 Å². The monoisotopic (exact) mass is 247 g/mol. The van der Waals surface area contributed by atoms with Crippen LogP contribution in [-0.4, -0.2) is 11.2 Å². The van der Waals surface area contributed by atoms with Gasteiger partial charge in [-0.05, 0) is 12.1 Å². The van der Waals surface area contributed by atoms with E-state index in [1.165, 1.54) is 19.1 Å². The fourth-order valence-corrected chi connectivity index (χ4v) is 1.65. The van der Waals surface area contributed by atoms with Gasteiger partial charge in [0, 0.05) is 6.42 Å². The lowest BCUT2D eigenvalue weighted by Gasteiger charge is -2.27. The molecule has 3 N–H and O–H groups in total. The van der Waals surface area contributed by atoms with Crippen LogP contribution in [0.2, 0.25) is 5.02 Å². The molecule has 0 aliphatic rings. The largest absolute Gasteiger partial charge is 0.413 e. The third-order valence-electron chi connectivity index (χ3n) is 2.10. The second kappa shape index (κ2) is 4.67. The van der Waals surface area contributed by atoms with Crippen LogP contribution in [0.5, 0.6) is 0 Å². The van der Waals surface area contributed by atoms with Crippen LogP contribution in [-0.2, 0) is 10.5 Å². The smallest absolute Gasteiger partial charge is 0.407 e. The fraction of sp³-hybridized carbons (Fsp3) is 0.300. The predicted molar refractivity (Wildman–Crippen MR) is 56.3 cm³/mol. The first-order valence-corrected chi connectivity index (χ1v) is 4.94. The van der Waals surface area contributed by atoms with Crippen LogP contribution in [0.3, 0.4) is 0 Å². The molecule has 88 valence electrons. The molecule has 0 aliphatic carbocycles. The van der Waals surface area contributed by atoms with Crippen LogP contribution in [0.4, 0.5) is 9.18 Å². The second-order valence-corrected chi connectivity index (χ2v) is 3.56. The van der Waals surface area contributed by atoms with Crippen molar-refractivity contribution in [3.05, 3.63) is 34.6 Å². The first kappa shape index (κ1) is 12.7. The molecule has 0 unspecified atom stereocenters. The zero-order chi connectivity index (χ0) is 12.3. The summed E-state index contributed by atoms with van der Waals surface area (Å²) in [5.74, 6) is -2.91. The van der Waals surface area contributed by atoms with Crippen molar-refractivity contribution in [3.63, 3.8) is 0 Å². The molecule has 0 aliphatic heterocycles. The number of amides is 1. The molecule has 0 saturated carbocycles. The van der Waals surface area contributed by atoms with Gasteiger partial charge in [-0.3, -0.25) is 0 Å². The standard InChI is InChI=1S/C10H11ClFNO3/c1-2-10(15,16-9(13)14)8-6(11)4-3-5-7(8)12/h3-5,15H,2H2,1H3,(H2,13,14)/t10-/m0/s1. The van der Waals surface area contributed by atoms with Crippen molar-refractivity contribution < 1.29 is 19.0 Å². The van der Waals surface area contributed by atoms with Crippen molar-refractivity contribution in [1.82, 2.24) is 0 Å². The molecule has 0 radical (unpaired) electrons. The molecular weight excluding hydrogens is 237 g/mol. The van der Waals surface area contributed by atoms with Gasteiger partial charge in [-0.25, -0.2) is 9.18 Å². The Morgan fingerprint density at radius 3 is 2.75 bits per heavy atom. The number of rotatable bonds is 3. The normalized spacial score (nSPS) is 14.2. The minimum Gasteiger partial charge on any atom is -0.413 e. The molecule has 0 spiro atoms. The number of halogens is 2. The van der Waals surface area contributed by atoms with Crippen LogP contribution >= 0.6 is 11.6 Å². The first-order valence-electron chi connectivity index (χ1n) is 4.56. The highest BCUT2D eigenvalue weighted by atomic mass is 35.5. The van der Waals surface area contributed by atoms with E-state index in [4.69, 9.17) is 17.3 Å². The highest BCUT2D eigenvalue weighted by molar-refractivity contribution is 6.31. The number of aliphatic hydroxyl groups is 1. The Bertz CT molecular complexity index is 393. The Balaban J connectivity index is 3.27. The number of benzene rings is 1. The topological polar surface area (TPSA) is 72.6 Å². The molecular formula is C10H11ClFNO3. The minimum atomic E-state index is -2.14. The van der Waals surface area contributed by atoms with Gasteiger partial charge in [0.25, 0.3) is 0 Å². The number of hydrogen-bond acceptors (Lipinski definition) is 3. The molecule has 0 fully saturated rings. The minimum absolute atomic E-state index is 0.0365. The molecule has 0 aromatic heterocycles. The van der Waals surface area contributed by atoms with E-state index in [0.29, 0.717) is 0 Å². The highest BCUT2D eigenvalue weighted by Crippen LogP contribution is 2.34. The molecule has 1 aromatic rings. The quantitative estimate of drug-likeness (QED) is 0.804. The third-order valence-corrected chi connectivity index (χ3v) is 2.42. The van der Waals surface area contributed by atoms with Crippen molar-refractivity contribution in [2.24, 2.45) is 5.73 Å². The van der Waals surface area contributed by atoms with E-state index in [2.05, 4.69) is 4.74 Å². The van der Waals surface area contributed by atoms with Gasteiger partial charge >= 0.3 is 6.09 Å². The van der Waals surface area contributed by atoms with E-state index in [1.54, 1.807) is 0 Å². The molecule has 0 saturated heterocycles. The number of ether oxygens (including phenoxy) is 1. The van der Waals surface area contributed by atoms with E-state index in [9.17, 15) is 14.3 Å². The highest BCUT2D eigenvalue weighted by Gasteiger charge is 2.36. The van der Waals surface area contributed by atoms with Gasteiger partial charge in [0.05, 0.1) is 10.6 Å². The summed E-state index contributed by atoms with van der Waals surface area (Å²) >= 11 is 5.74. The Hall–Kier alpha value is -1.33. The lowest BCUT2D eigenvalue weighted by atomic mass is 10.0. The fourth-order valence-electron chi connectivity index (χ4n) is 1.34. The molecule has 6 heteroatoms. The van der Waals surface area contributed by atoms with Crippen molar-refractivity contribution in [2.75, 3.05) is 0 Å². The molecule has 0 bridgehead atoms.